The lowest BCUT2D eigenvalue weighted by atomic mass is 9.99. The quantitative estimate of drug-likeness (QED) is 0.773. The molecule has 2 heterocycles. The molecule has 3 nitrogen and oxygen atoms in total. The van der Waals surface area contributed by atoms with Gasteiger partial charge in [-0.3, -0.25) is 4.79 Å². The Balaban J connectivity index is 1.75. The monoisotopic (exact) mass is 346 g/mol. The molecule has 1 aliphatic heterocycles. The second-order valence-corrected chi connectivity index (χ2v) is 6.31. The fraction of sp³-hybridized carbons (Fsp3) is 0.222. The van der Waals surface area contributed by atoms with E-state index >= 15 is 0 Å². The van der Waals surface area contributed by atoms with E-state index in [4.69, 9.17) is 0 Å². The van der Waals surface area contributed by atoms with Crippen LogP contribution in [-0.2, 0) is 0 Å². The molecular weight excluding hydrogens is 330 g/mol. The predicted octanol–water partition coefficient (Wildman–Crippen LogP) is 4.33. The normalized spacial score (nSPS) is 14.6. The smallest absolute Gasteiger partial charge is 0.290 e. The Bertz CT molecular complexity index is 750. The largest absolute Gasteiger partial charge is 0.334 e. The van der Waals surface area contributed by atoms with Crippen LogP contribution in [0.15, 0.2) is 59.8 Å². The van der Waals surface area contributed by atoms with E-state index < -0.39 is 5.76 Å². The zero-order valence-electron chi connectivity index (χ0n) is 12.9. The van der Waals surface area contributed by atoms with Crippen molar-refractivity contribution >= 4 is 23.2 Å². The van der Waals surface area contributed by atoms with E-state index in [1.807, 2.05) is 36.4 Å². The van der Waals surface area contributed by atoms with E-state index in [1.165, 1.54) is 11.8 Å². The molecule has 6 heteroatoms. The summed E-state index contributed by atoms with van der Waals surface area (Å²) < 4.78 is 25.3. The van der Waals surface area contributed by atoms with E-state index in [1.54, 1.807) is 17.0 Å². The zero-order chi connectivity index (χ0) is 16.9. The topological polar surface area (TPSA) is 33.2 Å². The first kappa shape index (κ1) is 16.6. The summed E-state index contributed by atoms with van der Waals surface area (Å²) in [6.07, 6.45) is 4.19. The minimum absolute atomic E-state index is 0.0790. The summed E-state index contributed by atoms with van der Waals surface area (Å²) in [5, 5.41) is 0.0790. The lowest BCUT2D eigenvalue weighted by Gasteiger charge is -2.27. The summed E-state index contributed by atoms with van der Waals surface area (Å²) in [5.74, 6) is -2.85. The molecule has 1 aromatic heterocycles. The first-order valence-electron chi connectivity index (χ1n) is 7.58. The number of amides is 1. The van der Waals surface area contributed by atoms with Crippen LogP contribution in [0.4, 0.5) is 8.78 Å². The maximum atomic E-state index is 12.6. The molecule has 0 fully saturated rings. The third-order valence-electron chi connectivity index (χ3n) is 3.84. The van der Waals surface area contributed by atoms with Crippen LogP contribution in [0.1, 0.15) is 22.3 Å². The van der Waals surface area contributed by atoms with Crippen LogP contribution < -0.4 is 0 Å². The number of nitrogens with zero attached hydrogens (tertiary/aromatic N) is 2. The van der Waals surface area contributed by atoms with E-state index in [2.05, 4.69) is 4.98 Å². The molecule has 0 atom stereocenters. The van der Waals surface area contributed by atoms with Crippen molar-refractivity contribution in [2.45, 2.75) is 17.2 Å². The van der Waals surface area contributed by atoms with Gasteiger partial charge >= 0.3 is 0 Å². The van der Waals surface area contributed by atoms with Gasteiger partial charge in [-0.25, -0.2) is 4.98 Å². The van der Waals surface area contributed by atoms with Crippen molar-refractivity contribution in [1.82, 2.24) is 9.88 Å². The van der Waals surface area contributed by atoms with Crippen LogP contribution >= 0.6 is 11.8 Å². The summed E-state index contributed by atoms with van der Waals surface area (Å²) in [6, 6.07) is 13.2. The highest BCUT2D eigenvalue weighted by molar-refractivity contribution is 7.99. The van der Waals surface area contributed by atoms with Gasteiger partial charge in [-0.1, -0.05) is 36.4 Å². The molecule has 1 aromatic carbocycles. The highest BCUT2D eigenvalue weighted by Gasteiger charge is 2.23. The average Bonchev–Trinajstić information content (AvgIpc) is 2.62. The molecule has 0 radical (unpaired) electrons. The first-order chi connectivity index (χ1) is 11.6. The van der Waals surface area contributed by atoms with E-state index in [9.17, 15) is 13.6 Å². The summed E-state index contributed by atoms with van der Waals surface area (Å²) >= 11 is 0.307. The fourth-order valence-corrected chi connectivity index (χ4v) is 3.24. The molecular formula is C18H16F2N2OS. The molecule has 2 aromatic rings. The number of rotatable bonds is 4. The molecule has 124 valence electrons. The van der Waals surface area contributed by atoms with Gasteiger partial charge in [-0.15, -0.1) is 0 Å². The lowest BCUT2D eigenvalue weighted by molar-refractivity contribution is 0.0768. The van der Waals surface area contributed by atoms with Gasteiger partial charge in [0, 0.05) is 19.3 Å². The number of halogens is 2. The Morgan fingerprint density at radius 3 is 2.62 bits per heavy atom. The molecule has 0 unspecified atom stereocenters. The van der Waals surface area contributed by atoms with Crippen molar-refractivity contribution in [3.63, 3.8) is 0 Å². The number of carbonyl (C=O) groups is 1. The number of benzene rings is 1. The minimum Gasteiger partial charge on any atom is -0.334 e. The first-order valence-corrected chi connectivity index (χ1v) is 8.46. The van der Waals surface area contributed by atoms with Crippen LogP contribution in [0.25, 0.3) is 5.57 Å². The lowest BCUT2D eigenvalue weighted by Crippen LogP contribution is -2.35. The summed E-state index contributed by atoms with van der Waals surface area (Å²) in [5.41, 5.74) is 2.59. The van der Waals surface area contributed by atoms with Crippen molar-refractivity contribution in [3.8, 4) is 0 Å². The zero-order valence-corrected chi connectivity index (χ0v) is 13.7. The highest BCUT2D eigenvalue weighted by Crippen LogP contribution is 2.28. The SMILES string of the molecule is O=C(c1cccnc1SC(F)F)N1CC=C(c2ccccc2)CC1. The maximum absolute atomic E-state index is 12.6. The summed E-state index contributed by atoms with van der Waals surface area (Å²) in [7, 11) is 0. The van der Waals surface area contributed by atoms with E-state index in [-0.39, 0.29) is 16.5 Å². The second kappa shape index (κ2) is 7.57. The maximum Gasteiger partial charge on any atom is 0.290 e. The third kappa shape index (κ3) is 3.82. The number of hydrogen-bond acceptors (Lipinski definition) is 3. The molecule has 3 rings (SSSR count). The summed E-state index contributed by atoms with van der Waals surface area (Å²) in [4.78, 5) is 18.2. The number of pyridine rings is 1. The standard InChI is InChI=1S/C18H16F2N2OS/c19-18(20)24-16-15(7-4-10-21-16)17(23)22-11-8-14(9-12-22)13-5-2-1-3-6-13/h1-8,10,18H,9,11-12H2. The number of aromatic nitrogens is 1. The molecule has 0 spiro atoms. The number of carbonyl (C=O) groups excluding carboxylic acids is 1. The Morgan fingerprint density at radius 1 is 1.17 bits per heavy atom. The van der Waals surface area contributed by atoms with Gasteiger partial charge in [-0.2, -0.15) is 8.78 Å². The van der Waals surface area contributed by atoms with E-state index in [0.717, 1.165) is 12.0 Å². The predicted molar refractivity (Wildman–Crippen MR) is 91.0 cm³/mol. The van der Waals surface area contributed by atoms with Gasteiger partial charge in [0.25, 0.3) is 11.7 Å². The summed E-state index contributed by atoms with van der Waals surface area (Å²) in [6.45, 7) is 1.03. The molecule has 24 heavy (non-hydrogen) atoms. The van der Waals surface area contributed by atoms with Gasteiger partial charge in [0.2, 0.25) is 0 Å². The molecule has 0 bridgehead atoms. The van der Waals surface area contributed by atoms with Crippen LogP contribution in [-0.4, -0.2) is 34.6 Å². The molecule has 1 amide bonds. The van der Waals surface area contributed by atoms with Gasteiger partial charge < -0.3 is 4.90 Å². The Kier molecular flexibility index (Phi) is 5.25. The Hall–Kier alpha value is -2.21. The van der Waals surface area contributed by atoms with Crippen molar-refractivity contribution in [3.05, 3.63) is 65.9 Å². The van der Waals surface area contributed by atoms with Gasteiger partial charge in [0.05, 0.1) is 5.56 Å². The Labute approximate surface area is 143 Å². The van der Waals surface area contributed by atoms with Crippen LogP contribution in [0.5, 0.6) is 0 Å². The number of thioether (sulfide) groups is 1. The van der Waals surface area contributed by atoms with Crippen LogP contribution in [0.2, 0.25) is 0 Å². The second-order valence-electron chi connectivity index (χ2n) is 5.33. The molecule has 1 aliphatic rings. The van der Waals surface area contributed by atoms with E-state index in [0.29, 0.717) is 24.9 Å². The molecule has 0 saturated carbocycles. The van der Waals surface area contributed by atoms with Gasteiger partial charge in [0.15, 0.2) is 0 Å². The average molecular weight is 346 g/mol. The molecule has 0 saturated heterocycles. The minimum atomic E-state index is -2.60. The third-order valence-corrected chi connectivity index (χ3v) is 4.57. The fourth-order valence-electron chi connectivity index (χ4n) is 2.67. The van der Waals surface area contributed by atoms with Crippen LogP contribution in [0, 0.1) is 0 Å². The van der Waals surface area contributed by atoms with Crippen LogP contribution in [0.3, 0.4) is 0 Å². The van der Waals surface area contributed by atoms with Crippen molar-refractivity contribution in [2.24, 2.45) is 0 Å². The van der Waals surface area contributed by atoms with Gasteiger partial charge in [0.1, 0.15) is 5.03 Å². The molecule has 0 aliphatic carbocycles. The van der Waals surface area contributed by atoms with Crippen molar-refractivity contribution in [2.75, 3.05) is 13.1 Å². The van der Waals surface area contributed by atoms with Crippen molar-refractivity contribution < 1.29 is 13.6 Å². The number of hydrogen-bond donors (Lipinski definition) is 0. The molecule has 0 N–H and O–H groups in total. The van der Waals surface area contributed by atoms with Gasteiger partial charge in [-0.05, 0) is 41.5 Å². The Morgan fingerprint density at radius 2 is 1.96 bits per heavy atom. The van der Waals surface area contributed by atoms with Crippen molar-refractivity contribution in [1.29, 1.82) is 0 Å². The number of alkyl halides is 2. The highest BCUT2D eigenvalue weighted by atomic mass is 32.2.